The van der Waals surface area contributed by atoms with Crippen LogP contribution in [0, 0.1) is 12.8 Å². The van der Waals surface area contributed by atoms with Crippen molar-refractivity contribution in [3.63, 3.8) is 0 Å². The third-order valence-electron chi connectivity index (χ3n) is 3.26. The van der Waals surface area contributed by atoms with Gasteiger partial charge in [-0.1, -0.05) is 6.92 Å². The number of aryl methyl sites for hydroxylation is 2. The van der Waals surface area contributed by atoms with Gasteiger partial charge in [0.2, 0.25) is 0 Å². The van der Waals surface area contributed by atoms with Crippen molar-refractivity contribution in [3.8, 4) is 0 Å². The zero-order valence-corrected chi connectivity index (χ0v) is 9.77. The fourth-order valence-electron chi connectivity index (χ4n) is 2.27. The zero-order valence-electron chi connectivity index (χ0n) is 9.77. The summed E-state index contributed by atoms with van der Waals surface area (Å²) >= 11 is 0. The molecule has 0 aromatic carbocycles. The lowest BCUT2D eigenvalue weighted by Gasteiger charge is -2.14. The summed E-state index contributed by atoms with van der Waals surface area (Å²) in [5, 5.41) is 4.35. The van der Waals surface area contributed by atoms with Crippen LogP contribution in [0.5, 0.6) is 0 Å². The van der Waals surface area contributed by atoms with E-state index in [0.29, 0.717) is 12.0 Å². The Morgan fingerprint density at radius 1 is 1.53 bits per heavy atom. The van der Waals surface area contributed by atoms with Crippen LogP contribution in [0.1, 0.15) is 18.2 Å². The van der Waals surface area contributed by atoms with Gasteiger partial charge in [-0.2, -0.15) is 5.10 Å². The molecule has 1 aliphatic heterocycles. The Bertz CT molecular complexity index is 334. The molecule has 1 aliphatic rings. The number of nitrogens with zero attached hydrogens (tertiary/aromatic N) is 3. The molecular weight excluding hydrogens is 188 g/mol. The summed E-state index contributed by atoms with van der Waals surface area (Å²) in [4.78, 5) is 2.42. The van der Waals surface area contributed by atoms with Crippen molar-refractivity contribution < 1.29 is 0 Å². The topological polar surface area (TPSA) is 47.1 Å². The normalized spacial score (nSPS) is 27.5. The number of hydrogen-bond acceptors (Lipinski definition) is 3. The van der Waals surface area contributed by atoms with E-state index in [2.05, 4.69) is 30.0 Å². The molecule has 1 aromatic heterocycles. The Kier molecular flexibility index (Phi) is 2.80. The fourth-order valence-corrected chi connectivity index (χ4v) is 2.27. The number of aromatic nitrogens is 2. The largest absolute Gasteiger partial charge is 0.326 e. The van der Waals surface area contributed by atoms with E-state index in [1.807, 2.05) is 11.7 Å². The molecule has 1 fully saturated rings. The number of likely N-dealkylation sites (tertiary alicyclic amines) is 1. The second-order valence-corrected chi connectivity index (χ2v) is 4.75. The van der Waals surface area contributed by atoms with E-state index < -0.39 is 0 Å². The highest BCUT2D eigenvalue weighted by Crippen LogP contribution is 2.18. The van der Waals surface area contributed by atoms with Crippen molar-refractivity contribution in [2.24, 2.45) is 18.7 Å². The number of rotatable bonds is 2. The van der Waals surface area contributed by atoms with Crippen LogP contribution in [0.4, 0.5) is 0 Å². The maximum Gasteiger partial charge on any atom is 0.0638 e. The van der Waals surface area contributed by atoms with Gasteiger partial charge in [-0.25, -0.2) is 0 Å². The van der Waals surface area contributed by atoms with Gasteiger partial charge < -0.3 is 5.73 Å². The molecule has 0 bridgehead atoms. The van der Waals surface area contributed by atoms with Crippen molar-refractivity contribution in [2.45, 2.75) is 26.4 Å². The molecular formula is C11H20N4. The molecule has 2 heterocycles. The van der Waals surface area contributed by atoms with Gasteiger partial charge in [-0.05, 0) is 12.8 Å². The summed E-state index contributed by atoms with van der Waals surface area (Å²) in [5.41, 5.74) is 8.45. The Labute approximate surface area is 91.1 Å². The fraction of sp³-hybridized carbons (Fsp3) is 0.727. The Balaban J connectivity index is 2.01. The Morgan fingerprint density at radius 2 is 2.27 bits per heavy atom. The minimum Gasteiger partial charge on any atom is -0.326 e. The van der Waals surface area contributed by atoms with Gasteiger partial charge in [0.15, 0.2) is 0 Å². The first-order valence-electron chi connectivity index (χ1n) is 5.53. The third kappa shape index (κ3) is 2.21. The summed E-state index contributed by atoms with van der Waals surface area (Å²) in [6, 6.07) is 0.335. The van der Waals surface area contributed by atoms with Crippen LogP contribution < -0.4 is 5.73 Å². The van der Waals surface area contributed by atoms with Gasteiger partial charge in [-0.3, -0.25) is 9.58 Å². The standard InChI is InChI=1S/C11H20N4/c1-8-4-15(7-11(8)12)6-10-5-14(3)13-9(10)2/h5,8,11H,4,6-7,12H2,1-3H3. The minimum absolute atomic E-state index is 0.335. The van der Waals surface area contributed by atoms with Crippen molar-refractivity contribution in [1.29, 1.82) is 0 Å². The lowest BCUT2D eigenvalue weighted by molar-refractivity contribution is 0.318. The highest BCUT2D eigenvalue weighted by atomic mass is 15.3. The second kappa shape index (κ2) is 3.94. The van der Waals surface area contributed by atoms with Crippen molar-refractivity contribution >= 4 is 0 Å². The summed E-state index contributed by atoms with van der Waals surface area (Å²) in [6.45, 7) is 7.39. The Hall–Kier alpha value is -0.870. The first-order chi connectivity index (χ1) is 7.06. The van der Waals surface area contributed by atoms with E-state index in [9.17, 15) is 0 Å². The molecule has 0 amide bonds. The molecule has 15 heavy (non-hydrogen) atoms. The molecule has 0 aliphatic carbocycles. The van der Waals surface area contributed by atoms with Crippen molar-refractivity contribution in [3.05, 3.63) is 17.5 Å². The molecule has 0 radical (unpaired) electrons. The third-order valence-corrected chi connectivity index (χ3v) is 3.26. The van der Waals surface area contributed by atoms with Crippen LogP contribution in [0.15, 0.2) is 6.20 Å². The van der Waals surface area contributed by atoms with Crippen LogP contribution in [0.2, 0.25) is 0 Å². The predicted octanol–water partition coefficient (Wildman–Crippen LogP) is 0.508. The van der Waals surface area contributed by atoms with Crippen LogP contribution in [0.25, 0.3) is 0 Å². The summed E-state index contributed by atoms with van der Waals surface area (Å²) in [5.74, 6) is 0.613. The average molecular weight is 208 g/mol. The van der Waals surface area contributed by atoms with Gasteiger partial charge in [-0.15, -0.1) is 0 Å². The molecule has 4 heteroatoms. The highest BCUT2D eigenvalue weighted by Gasteiger charge is 2.26. The van der Waals surface area contributed by atoms with Crippen molar-refractivity contribution in [2.75, 3.05) is 13.1 Å². The monoisotopic (exact) mass is 208 g/mol. The van der Waals surface area contributed by atoms with Gasteiger partial charge in [0.25, 0.3) is 0 Å². The first kappa shape index (κ1) is 10.6. The SMILES string of the molecule is Cc1nn(C)cc1CN1CC(C)C(N)C1. The van der Waals surface area contributed by atoms with Crippen LogP contribution >= 0.6 is 0 Å². The maximum atomic E-state index is 6.00. The molecule has 0 spiro atoms. The van der Waals surface area contributed by atoms with Crippen LogP contribution in [0.3, 0.4) is 0 Å². The van der Waals surface area contributed by atoms with Gasteiger partial charge >= 0.3 is 0 Å². The molecule has 2 unspecified atom stereocenters. The van der Waals surface area contributed by atoms with Gasteiger partial charge in [0, 0.05) is 44.5 Å². The molecule has 84 valence electrons. The lowest BCUT2D eigenvalue weighted by Crippen LogP contribution is -2.28. The van der Waals surface area contributed by atoms with Crippen LogP contribution in [-0.2, 0) is 13.6 Å². The van der Waals surface area contributed by atoms with Crippen LogP contribution in [-0.4, -0.2) is 33.8 Å². The maximum absolute atomic E-state index is 6.00. The molecule has 1 aromatic rings. The minimum atomic E-state index is 0.335. The molecule has 4 nitrogen and oxygen atoms in total. The zero-order chi connectivity index (χ0) is 11.0. The molecule has 2 atom stereocenters. The second-order valence-electron chi connectivity index (χ2n) is 4.75. The molecule has 2 N–H and O–H groups in total. The van der Waals surface area contributed by atoms with E-state index in [0.717, 1.165) is 25.3 Å². The highest BCUT2D eigenvalue weighted by molar-refractivity contribution is 5.15. The quantitative estimate of drug-likeness (QED) is 0.770. The summed E-state index contributed by atoms with van der Waals surface area (Å²) < 4.78 is 1.88. The summed E-state index contributed by atoms with van der Waals surface area (Å²) in [7, 11) is 1.97. The van der Waals surface area contributed by atoms with E-state index in [1.165, 1.54) is 5.56 Å². The van der Waals surface area contributed by atoms with Gasteiger partial charge in [0.1, 0.15) is 0 Å². The van der Waals surface area contributed by atoms with Crippen molar-refractivity contribution in [1.82, 2.24) is 14.7 Å². The predicted molar refractivity (Wildman–Crippen MR) is 60.4 cm³/mol. The number of nitrogens with two attached hydrogens (primary N) is 1. The average Bonchev–Trinajstić information content (AvgIpc) is 2.59. The van der Waals surface area contributed by atoms with E-state index in [1.54, 1.807) is 0 Å². The van der Waals surface area contributed by atoms with Gasteiger partial charge in [0.05, 0.1) is 5.69 Å². The first-order valence-corrected chi connectivity index (χ1v) is 5.53. The van der Waals surface area contributed by atoms with E-state index in [4.69, 9.17) is 5.73 Å². The lowest BCUT2D eigenvalue weighted by atomic mass is 10.1. The molecule has 2 rings (SSSR count). The Morgan fingerprint density at radius 3 is 2.73 bits per heavy atom. The number of hydrogen-bond donors (Lipinski definition) is 1. The molecule has 1 saturated heterocycles. The van der Waals surface area contributed by atoms with E-state index in [-0.39, 0.29) is 0 Å². The smallest absolute Gasteiger partial charge is 0.0638 e. The van der Waals surface area contributed by atoms with E-state index >= 15 is 0 Å². The molecule has 0 saturated carbocycles. The summed E-state index contributed by atoms with van der Waals surface area (Å²) in [6.07, 6.45) is 2.10.